The fraction of sp³-hybridized carbons (Fsp3) is 0.105. The molecule has 0 aliphatic carbocycles. The Hall–Kier alpha value is -4.08. The molecule has 3 aromatic rings. The van der Waals surface area contributed by atoms with Gasteiger partial charge >= 0.3 is 11.9 Å². The Morgan fingerprint density at radius 3 is 2.45 bits per heavy atom. The SMILES string of the molecule is Cc1c(C(=O)Nc2ccc(C(=O)O)c(C(=O)O)c2)nnn1Cc1cccc(F)c1. The Bertz CT molecular complexity index is 1130. The lowest BCUT2D eigenvalue weighted by Crippen LogP contribution is -2.16. The van der Waals surface area contributed by atoms with Crippen LogP contribution in [0.15, 0.2) is 42.5 Å². The topological polar surface area (TPSA) is 134 Å². The number of hydrogen-bond acceptors (Lipinski definition) is 5. The van der Waals surface area contributed by atoms with Crippen molar-refractivity contribution in [3.63, 3.8) is 0 Å². The van der Waals surface area contributed by atoms with E-state index in [9.17, 15) is 18.8 Å². The number of benzene rings is 2. The van der Waals surface area contributed by atoms with Crippen LogP contribution in [0.5, 0.6) is 0 Å². The highest BCUT2D eigenvalue weighted by atomic mass is 19.1. The van der Waals surface area contributed by atoms with Crippen LogP contribution in [0.3, 0.4) is 0 Å². The summed E-state index contributed by atoms with van der Waals surface area (Å²) in [6.45, 7) is 1.82. The first-order valence-electron chi connectivity index (χ1n) is 8.32. The first-order valence-corrected chi connectivity index (χ1v) is 8.32. The standard InChI is InChI=1S/C19H15FN4O5/c1-10-16(22-23-24(10)9-11-3-2-4-12(20)7-11)17(25)21-13-5-6-14(18(26)27)15(8-13)19(28)29/h2-8H,9H2,1H3,(H,21,25)(H,26,27)(H,28,29). The van der Waals surface area contributed by atoms with Crippen molar-refractivity contribution in [1.82, 2.24) is 15.0 Å². The van der Waals surface area contributed by atoms with Crippen LogP contribution < -0.4 is 5.32 Å². The highest BCUT2D eigenvalue weighted by molar-refractivity contribution is 6.06. The van der Waals surface area contributed by atoms with Gasteiger partial charge in [0.2, 0.25) is 0 Å². The van der Waals surface area contributed by atoms with Gasteiger partial charge in [0.1, 0.15) is 5.82 Å². The lowest BCUT2D eigenvalue weighted by atomic mass is 10.1. The molecule has 1 amide bonds. The number of carboxylic acids is 2. The summed E-state index contributed by atoms with van der Waals surface area (Å²) in [5, 5.41) is 28.4. The number of aromatic carboxylic acids is 2. The highest BCUT2D eigenvalue weighted by Crippen LogP contribution is 2.18. The zero-order valence-electron chi connectivity index (χ0n) is 15.1. The molecule has 0 saturated carbocycles. The van der Waals surface area contributed by atoms with Gasteiger partial charge in [0.25, 0.3) is 5.91 Å². The van der Waals surface area contributed by atoms with Gasteiger partial charge in [-0.05, 0) is 42.8 Å². The van der Waals surface area contributed by atoms with E-state index < -0.39 is 34.8 Å². The Labute approximate surface area is 163 Å². The Morgan fingerprint density at radius 2 is 1.79 bits per heavy atom. The monoisotopic (exact) mass is 398 g/mol. The molecule has 0 aliphatic rings. The number of nitrogens with one attached hydrogen (secondary N) is 1. The summed E-state index contributed by atoms with van der Waals surface area (Å²) in [5.74, 6) is -3.86. The van der Waals surface area contributed by atoms with E-state index in [1.54, 1.807) is 19.1 Å². The van der Waals surface area contributed by atoms with Gasteiger partial charge in [0.15, 0.2) is 5.69 Å². The average molecular weight is 398 g/mol. The summed E-state index contributed by atoms with van der Waals surface area (Å²) in [4.78, 5) is 34.9. The van der Waals surface area contributed by atoms with Gasteiger partial charge in [0, 0.05) is 5.69 Å². The van der Waals surface area contributed by atoms with Crippen LogP contribution in [0.2, 0.25) is 0 Å². The second-order valence-corrected chi connectivity index (χ2v) is 6.14. The summed E-state index contributed by atoms with van der Waals surface area (Å²) >= 11 is 0. The van der Waals surface area contributed by atoms with Gasteiger partial charge in [0.05, 0.1) is 23.4 Å². The van der Waals surface area contributed by atoms with Gasteiger partial charge in [-0.3, -0.25) is 4.79 Å². The average Bonchev–Trinajstić information content (AvgIpc) is 3.02. The Morgan fingerprint density at radius 1 is 1.07 bits per heavy atom. The molecule has 29 heavy (non-hydrogen) atoms. The number of carbonyl (C=O) groups excluding carboxylic acids is 1. The summed E-state index contributed by atoms with van der Waals surface area (Å²) in [7, 11) is 0. The maximum atomic E-state index is 13.3. The van der Waals surface area contributed by atoms with Crippen molar-refractivity contribution in [2.75, 3.05) is 5.32 Å². The summed E-state index contributed by atoms with van der Waals surface area (Å²) in [5.41, 5.74) is 0.305. The zero-order chi connectivity index (χ0) is 21.1. The normalized spacial score (nSPS) is 10.6. The summed E-state index contributed by atoms with van der Waals surface area (Å²) < 4.78 is 14.8. The smallest absolute Gasteiger partial charge is 0.336 e. The third-order valence-electron chi connectivity index (χ3n) is 4.16. The minimum atomic E-state index is -1.43. The van der Waals surface area contributed by atoms with Crippen molar-refractivity contribution in [3.8, 4) is 0 Å². The molecule has 148 valence electrons. The predicted octanol–water partition coefficient (Wildman–Crippen LogP) is 2.42. The van der Waals surface area contributed by atoms with Gasteiger partial charge in [-0.25, -0.2) is 18.7 Å². The van der Waals surface area contributed by atoms with Crippen molar-refractivity contribution in [2.24, 2.45) is 0 Å². The van der Waals surface area contributed by atoms with E-state index in [2.05, 4.69) is 15.6 Å². The molecular weight excluding hydrogens is 383 g/mol. The molecular formula is C19H15FN4O5. The maximum Gasteiger partial charge on any atom is 0.336 e. The molecule has 2 aromatic carbocycles. The molecule has 1 aromatic heterocycles. The quantitative estimate of drug-likeness (QED) is 0.580. The lowest BCUT2D eigenvalue weighted by molar-refractivity contribution is 0.0651. The third-order valence-corrected chi connectivity index (χ3v) is 4.16. The fourth-order valence-electron chi connectivity index (χ4n) is 2.70. The van der Waals surface area contributed by atoms with Gasteiger partial charge < -0.3 is 15.5 Å². The summed E-state index contributed by atoms with van der Waals surface area (Å²) in [6.07, 6.45) is 0. The number of hydrogen-bond donors (Lipinski definition) is 3. The minimum Gasteiger partial charge on any atom is -0.478 e. The van der Waals surface area contributed by atoms with Crippen LogP contribution in [0.4, 0.5) is 10.1 Å². The number of rotatable bonds is 6. The van der Waals surface area contributed by atoms with E-state index in [1.807, 2.05) is 0 Å². The molecule has 0 saturated heterocycles. The third kappa shape index (κ3) is 4.26. The molecule has 0 bridgehead atoms. The number of carbonyl (C=O) groups is 3. The molecule has 3 N–H and O–H groups in total. The second-order valence-electron chi connectivity index (χ2n) is 6.14. The van der Waals surface area contributed by atoms with Crippen molar-refractivity contribution in [1.29, 1.82) is 0 Å². The highest BCUT2D eigenvalue weighted by Gasteiger charge is 2.20. The molecule has 0 radical (unpaired) electrons. The number of carboxylic acid groups (broad SMARTS) is 2. The zero-order valence-corrected chi connectivity index (χ0v) is 15.1. The fourth-order valence-corrected chi connectivity index (χ4v) is 2.70. The molecule has 10 heteroatoms. The number of amides is 1. The molecule has 3 rings (SSSR count). The van der Waals surface area contributed by atoms with Crippen molar-refractivity contribution in [3.05, 3.63) is 76.4 Å². The van der Waals surface area contributed by atoms with E-state index in [-0.39, 0.29) is 17.9 Å². The van der Waals surface area contributed by atoms with Gasteiger partial charge in [-0.15, -0.1) is 5.10 Å². The van der Waals surface area contributed by atoms with E-state index >= 15 is 0 Å². The predicted molar refractivity (Wildman–Crippen MR) is 98.6 cm³/mol. The molecule has 0 atom stereocenters. The second kappa shape index (κ2) is 7.89. The molecule has 0 spiro atoms. The van der Waals surface area contributed by atoms with Crippen molar-refractivity contribution < 1.29 is 29.0 Å². The van der Waals surface area contributed by atoms with Crippen LogP contribution >= 0.6 is 0 Å². The summed E-state index contributed by atoms with van der Waals surface area (Å²) in [6, 6.07) is 9.36. The van der Waals surface area contributed by atoms with Crippen LogP contribution in [-0.4, -0.2) is 43.1 Å². The maximum absolute atomic E-state index is 13.3. The molecule has 9 nitrogen and oxygen atoms in total. The van der Waals surface area contributed by atoms with E-state index in [0.29, 0.717) is 11.3 Å². The van der Waals surface area contributed by atoms with E-state index in [4.69, 9.17) is 10.2 Å². The minimum absolute atomic E-state index is 0.000546. The number of aromatic nitrogens is 3. The largest absolute Gasteiger partial charge is 0.478 e. The van der Waals surface area contributed by atoms with Crippen LogP contribution in [-0.2, 0) is 6.54 Å². The molecule has 1 heterocycles. The van der Waals surface area contributed by atoms with E-state index in [0.717, 1.165) is 12.1 Å². The van der Waals surface area contributed by atoms with Crippen LogP contribution in [0.25, 0.3) is 0 Å². The van der Waals surface area contributed by atoms with E-state index in [1.165, 1.54) is 22.9 Å². The van der Waals surface area contributed by atoms with Crippen molar-refractivity contribution >= 4 is 23.5 Å². The van der Waals surface area contributed by atoms with Crippen LogP contribution in [0.1, 0.15) is 42.5 Å². The number of anilines is 1. The molecule has 0 aliphatic heterocycles. The lowest BCUT2D eigenvalue weighted by Gasteiger charge is -2.08. The Balaban J connectivity index is 1.81. The van der Waals surface area contributed by atoms with Crippen LogP contribution in [0, 0.1) is 12.7 Å². The van der Waals surface area contributed by atoms with Gasteiger partial charge in [-0.1, -0.05) is 17.3 Å². The number of halogens is 1. The molecule has 0 fully saturated rings. The number of nitrogens with zero attached hydrogens (tertiary/aromatic N) is 3. The molecule has 0 unspecified atom stereocenters. The van der Waals surface area contributed by atoms with Gasteiger partial charge in [-0.2, -0.15) is 0 Å². The first kappa shape index (κ1) is 19.7. The van der Waals surface area contributed by atoms with Crippen molar-refractivity contribution in [2.45, 2.75) is 13.5 Å². The first-order chi connectivity index (χ1) is 13.8. The Kier molecular flexibility index (Phi) is 5.35.